The highest BCUT2D eigenvalue weighted by Crippen LogP contribution is 2.42. The van der Waals surface area contributed by atoms with E-state index in [4.69, 9.17) is 14.6 Å². The van der Waals surface area contributed by atoms with Crippen molar-refractivity contribution in [2.75, 3.05) is 30.4 Å². The Bertz CT molecular complexity index is 1030. The molecule has 1 fully saturated rings. The predicted octanol–water partition coefficient (Wildman–Crippen LogP) is 0.186. The average Bonchev–Trinajstić information content (AvgIpc) is 2.96. The van der Waals surface area contributed by atoms with Crippen LogP contribution >= 0.6 is 0 Å². The van der Waals surface area contributed by atoms with Crippen LogP contribution in [0.4, 0.5) is 20.3 Å². The van der Waals surface area contributed by atoms with Gasteiger partial charge in [-0.2, -0.15) is 13.8 Å². The molecule has 0 spiro atoms. The Morgan fingerprint density at radius 2 is 2.20 bits per heavy atom. The average molecular weight is 424 g/mol. The van der Waals surface area contributed by atoms with Crippen molar-refractivity contribution in [3.8, 4) is 5.75 Å². The van der Waals surface area contributed by atoms with Crippen LogP contribution in [0.1, 0.15) is 16.6 Å². The number of fused-ring (bicyclic) bond motifs is 1. The van der Waals surface area contributed by atoms with Crippen molar-refractivity contribution < 1.29 is 33.3 Å². The number of halogens is 2. The summed E-state index contributed by atoms with van der Waals surface area (Å²) in [5, 5.41) is 24.1. The molecule has 12 heteroatoms. The molecule has 1 saturated heterocycles. The molecule has 4 rings (SSSR count). The van der Waals surface area contributed by atoms with Gasteiger partial charge in [0.25, 0.3) is 5.91 Å². The van der Waals surface area contributed by atoms with E-state index in [1.807, 2.05) is 0 Å². The minimum absolute atomic E-state index is 0.149. The number of benzene rings is 1. The van der Waals surface area contributed by atoms with Gasteiger partial charge in [-0.1, -0.05) is 0 Å². The second-order valence-corrected chi connectivity index (χ2v) is 6.77. The van der Waals surface area contributed by atoms with E-state index >= 15 is 0 Å². The SMILES string of the molecule is O=C(Nc1ccn(C2O[C@H](CO)[C@@H](O)C2(F)F)c(=O)n1)c1ccc2c(c1)NCCO2. The number of aliphatic hydroxyl groups excluding tert-OH is 2. The summed E-state index contributed by atoms with van der Waals surface area (Å²) in [7, 11) is 0. The van der Waals surface area contributed by atoms with E-state index in [0.717, 1.165) is 12.3 Å². The lowest BCUT2D eigenvalue weighted by atomic mass is 10.1. The lowest BCUT2D eigenvalue weighted by Gasteiger charge is -2.21. The zero-order valence-electron chi connectivity index (χ0n) is 15.4. The van der Waals surface area contributed by atoms with Crippen molar-refractivity contribution in [1.29, 1.82) is 0 Å². The monoisotopic (exact) mass is 424 g/mol. The molecule has 160 valence electrons. The van der Waals surface area contributed by atoms with Gasteiger partial charge < -0.3 is 30.3 Å². The maximum Gasteiger partial charge on any atom is 0.351 e. The Morgan fingerprint density at radius 3 is 2.90 bits per heavy atom. The van der Waals surface area contributed by atoms with Gasteiger partial charge in [0.2, 0.25) is 6.23 Å². The number of hydrogen-bond donors (Lipinski definition) is 4. The predicted molar refractivity (Wildman–Crippen MR) is 98.8 cm³/mol. The van der Waals surface area contributed by atoms with Crippen LogP contribution in [0, 0.1) is 0 Å². The van der Waals surface area contributed by atoms with E-state index in [2.05, 4.69) is 15.6 Å². The fourth-order valence-electron chi connectivity index (χ4n) is 3.25. The number of carbonyl (C=O) groups is 1. The first-order chi connectivity index (χ1) is 14.3. The van der Waals surface area contributed by atoms with Gasteiger partial charge in [0.05, 0.1) is 12.3 Å². The molecule has 3 atom stereocenters. The van der Waals surface area contributed by atoms with Gasteiger partial charge in [-0.25, -0.2) is 4.79 Å². The Labute approximate surface area is 168 Å². The first-order valence-electron chi connectivity index (χ1n) is 9.04. The molecule has 1 unspecified atom stereocenters. The van der Waals surface area contributed by atoms with Gasteiger partial charge in [-0.3, -0.25) is 9.36 Å². The molecule has 10 nitrogen and oxygen atoms in total. The van der Waals surface area contributed by atoms with E-state index in [1.54, 1.807) is 12.1 Å². The van der Waals surface area contributed by atoms with Crippen LogP contribution in [0.25, 0.3) is 0 Å². The Kier molecular flexibility index (Phi) is 5.13. The third-order valence-corrected chi connectivity index (χ3v) is 4.80. The van der Waals surface area contributed by atoms with Gasteiger partial charge in [0, 0.05) is 18.3 Å². The van der Waals surface area contributed by atoms with E-state index in [-0.39, 0.29) is 11.4 Å². The van der Waals surface area contributed by atoms with Crippen molar-refractivity contribution in [3.05, 3.63) is 46.5 Å². The molecule has 30 heavy (non-hydrogen) atoms. The van der Waals surface area contributed by atoms with Crippen molar-refractivity contribution in [3.63, 3.8) is 0 Å². The molecular weight excluding hydrogens is 406 g/mol. The largest absolute Gasteiger partial charge is 0.490 e. The summed E-state index contributed by atoms with van der Waals surface area (Å²) in [6, 6.07) is 5.89. The minimum atomic E-state index is -3.82. The Hall–Kier alpha value is -3.09. The second-order valence-electron chi connectivity index (χ2n) is 6.77. The summed E-state index contributed by atoms with van der Waals surface area (Å²) in [4.78, 5) is 28.3. The Morgan fingerprint density at radius 1 is 1.40 bits per heavy atom. The standard InChI is InChI=1S/C18H18F2N4O6/c19-18(20)14(26)12(8-25)30-16(18)24-5-3-13(23-17(24)28)22-15(27)9-1-2-11-10(7-9)21-4-6-29-11/h1-3,5,7,12,14,16,21,25-26H,4,6,8H2,(H,22,23,27,28)/t12-,14-,16?/m1/s1. The molecule has 3 heterocycles. The number of carbonyl (C=O) groups excluding carboxylic acids is 1. The van der Waals surface area contributed by atoms with E-state index in [0.29, 0.717) is 29.2 Å². The highest BCUT2D eigenvalue weighted by molar-refractivity contribution is 6.04. The number of ether oxygens (including phenoxy) is 2. The molecule has 2 aromatic rings. The van der Waals surface area contributed by atoms with Gasteiger partial charge in [-0.15, -0.1) is 0 Å². The van der Waals surface area contributed by atoms with Crippen LogP contribution < -0.4 is 21.1 Å². The fraction of sp³-hybridized carbons (Fsp3) is 0.389. The molecule has 0 radical (unpaired) electrons. The molecule has 0 bridgehead atoms. The zero-order valence-corrected chi connectivity index (χ0v) is 15.4. The number of hydrogen-bond acceptors (Lipinski definition) is 8. The van der Waals surface area contributed by atoms with Gasteiger partial charge >= 0.3 is 11.6 Å². The summed E-state index contributed by atoms with van der Waals surface area (Å²) in [5.41, 5.74) is -0.198. The van der Waals surface area contributed by atoms with E-state index < -0.39 is 42.6 Å². The van der Waals surface area contributed by atoms with E-state index in [9.17, 15) is 23.5 Å². The van der Waals surface area contributed by atoms with Crippen LogP contribution in [0.5, 0.6) is 5.75 Å². The molecule has 0 aliphatic carbocycles. The van der Waals surface area contributed by atoms with Crippen LogP contribution in [0.3, 0.4) is 0 Å². The van der Waals surface area contributed by atoms with Crippen LogP contribution in [-0.4, -0.2) is 63.6 Å². The molecule has 4 N–H and O–H groups in total. The van der Waals surface area contributed by atoms with E-state index in [1.165, 1.54) is 6.07 Å². The number of aromatic nitrogens is 2. The zero-order chi connectivity index (χ0) is 21.5. The number of amides is 1. The quantitative estimate of drug-likeness (QED) is 0.546. The lowest BCUT2D eigenvalue weighted by molar-refractivity contribution is -0.140. The fourth-order valence-corrected chi connectivity index (χ4v) is 3.25. The first-order valence-corrected chi connectivity index (χ1v) is 9.04. The summed E-state index contributed by atoms with van der Waals surface area (Å²) in [6.45, 7) is 0.264. The van der Waals surface area contributed by atoms with Crippen LogP contribution in [0.2, 0.25) is 0 Å². The molecule has 2 aliphatic heterocycles. The molecule has 1 amide bonds. The Balaban J connectivity index is 1.53. The highest BCUT2D eigenvalue weighted by Gasteiger charge is 2.59. The molecule has 0 saturated carbocycles. The number of aliphatic hydroxyl groups is 2. The summed E-state index contributed by atoms with van der Waals surface area (Å²) in [5.74, 6) is -3.92. The normalized spacial score (nSPS) is 24.5. The van der Waals surface area contributed by atoms with Crippen molar-refractivity contribution in [2.24, 2.45) is 0 Å². The highest BCUT2D eigenvalue weighted by atomic mass is 19.3. The smallest absolute Gasteiger partial charge is 0.351 e. The summed E-state index contributed by atoms with van der Waals surface area (Å²) < 4.78 is 39.3. The summed E-state index contributed by atoms with van der Waals surface area (Å²) >= 11 is 0. The molecule has 1 aromatic heterocycles. The van der Waals surface area contributed by atoms with Crippen molar-refractivity contribution in [2.45, 2.75) is 24.4 Å². The molecule has 2 aliphatic rings. The maximum absolute atomic E-state index is 14.2. The minimum Gasteiger partial charge on any atom is -0.490 e. The first kappa shape index (κ1) is 20.2. The number of anilines is 2. The van der Waals surface area contributed by atoms with Crippen LogP contribution in [0.15, 0.2) is 35.3 Å². The van der Waals surface area contributed by atoms with Crippen molar-refractivity contribution in [1.82, 2.24) is 9.55 Å². The third kappa shape index (κ3) is 3.49. The summed E-state index contributed by atoms with van der Waals surface area (Å²) in [6.07, 6.45) is -4.99. The lowest BCUT2D eigenvalue weighted by Crippen LogP contribution is -2.41. The number of rotatable bonds is 4. The third-order valence-electron chi connectivity index (χ3n) is 4.80. The number of nitrogens with zero attached hydrogens (tertiary/aromatic N) is 2. The van der Waals surface area contributed by atoms with Gasteiger partial charge in [-0.05, 0) is 24.3 Å². The topological polar surface area (TPSA) is 135 Å². The second kappa shape index (κ2) is 7.63. The number of nitrogens with one attached hydrogen (secondary N) is 2. The molecular formula is C18H18F2N4O6. The molecule has 1 aromatic carbocycles. The van der Waals surface area contributed by atoms with Crippen LogP contribution in [-0.2, 0) is 4.74 Å². The van der Waals surface area contributed by atoms with Gasteiger partial charge in [0.1, 0.15) is 24.3 Å². The van der Waals surface area contributed by atoms with Gasteiger partial charge in [0.15, 0.2) is 6.10 Å². The maximum atomic E-state index is 14.2. The van der Waals surface area contributed by atoms with Crippen molar-refractivity contribution >= 4 is 17.4 Å². The number of alkyl halides is 2.